The molecule has 2 aromatic carbocycles. The number of alkyl halides is 1. The molecule has 0 radical (unpaired) electrons. The second kappa shape index (κ2) is 12.1. The van der Waals surface area contributed by atoms with E-state index in [2.05, 4.69) is 16.0 Å². The standard InChI is InChI=1S/C28H36ClN3O5/c1-5-17-18(12-9-13-21(17)33)26(36)31-20(14-16-10-7-6-8-11-16)24(34)25(35)22-19(29)15-30-23(22)27(37)32-28(2,3)4/h6-13,19-20,22-24,30,33-34H,5,14-15H2,1-4H3,(H,31,36)(H,32,37)/t19-,20?,22+,23+,24?/m1/s1. The largest absolute Gasteiger partial charge is 0.508 e. The highest BCUT2D eigenvalue weighted by Gasteiger charge is 2.47. The minimum atomic E-state index is -1.62. The first-order valence-electron chi connectivity index (χ1n) is 12.5. The molecule has 2 aromatic rings. The van der Waals surface area contributed by atoms with E-state index in [1.54, 1.807) is 12.1 Å². The van der Waals surface area contributed by atoms with Crippen LogP contribution in [0.1, 0.15) is 49.2 Å². The summed E-state index contributed by atoms with van der Waals surface area (Å²) in [6.45, 7) is 7.55. The highest BCUT2D eigenvalue weighted by Crippen LogP contribution is 2.27. The number of amides is 2. The minimum absolute atomic E-state index is 0.00102. The Labute approximate surface area is 222 Å². The molecular weight excluding hydrogens is 494 g/mol. The molecule has 0 spiro atoms. The SMILES string of the molecule is CCc1c(O)cccc1C(=O)NC(Cc1ccccc1)C(O)C(=O)[C@H]1[C@H](Cl)CN[C@@H]1C(=O)NC(C)(C)C. The van der Waals surface area contributed by atoms with Crippen LogP contribution in [-0.4, -0.2) is 63.5 Å². The molecule has 2 amide bonds. The molecule has 0 bridgehead atoms. The fraction of sp³-hybridized carbons (Fsp3) is 0.464. The first-order valence-corrected chi connectivity index (χ1v) is 12.9. The monoisotopic (exact) mass is 529 g/mol. The van der Waals surface area contributed by atoms with E-state index in [1.165, 1.54) is 6.07 Å². The van der Waals surface area contributed by atoms with Gasteiger partial charge in [-0.3, -0.25) is 14.4 Å². The Hall–Kier alpha value is -2.94. The van der Waals surface area contributed by atoms with Crippen LogP contribution >= 0.6 is 11.6 Å². The highest BCUT2D eigenvalue weighted by molar-refractivity contribution is 6.23. The number of hydrogen-bond donors (Lipinski definition) is 5. The second-order valence-electron chi connectivity index (χ2n) is 10.4. The zero-order valence-electron chi connectivity index (χ0n) is 21.6. The summed E-state index contributed by atoms with van der Waals surface area (Å²) in [5.41, 5.74) is 1.02. The number of aromatic hydroxyl groups is 1. The average Bonchev–Trinajstić information content (AvgIpc) is 3.23. The Morgan fingerprint density at radius 3 is 2.41 bits per heavy atom. The van der Waals surface area contributed by atoms with Gasteiger partial charge in [0.2, 0.25) is 5.91 Å². The van der Waals surface area contributed by atoms with Gasteiger partial charge in [-0.2, -0.15) is 0 Å². The fourth-order valence-electron chi connectivity index (χ4n) is 4.66. The number of phenols is 1. The summed E-state index contributed by atoms with van der Waals surface area (Å²) in [6, 6.07) is 11.9. The quantitative estimate of drug-likeness (QED) is 0.317. The van der Waals surface area contributed by atoms with E-state index in [9.17, 15) is 24.6 Å². The van der Waals surface area contributed by atoms with Gasteiger partial charge in [0.05, 0.1) is 23.4 Å². The van der Waals surface area contributed by atoms with Crippen LogP contribution in [0.15, 0.2) is 48.5 Å². The van der Waals surface area contributed by atoms with Gasteiger partial charge in [0.1, 0.15) is 11.9 Å². The van der Waals surface area contributed by atoms with Crippen LogP contribution in [0.2, 0.25) is 0 Å². The number of nitrogens with one attached hydrogen (secondary N) is 3. The summed E-state index contributed by atoms with van der Waals surface area (Å²) in [7, 11) is 0. The van der Waals surface area contributed by atoms with E-state index in [1.807, 2.05) is 58.0 Å². The van der Waals surface area contributed by atoms with Crippen molar-refractivity contribution in [3.05, 3.63) is 65.2 Å². The smallest absolute Gasteiger partial charge is 0.252 e. The molecule has 1 heterocycles. The Kier molecular flexibility index (Phi) is 9.34. The van der Waals surface area contributed by atoms with Gasteiger partial charge >= 0.3 is 0 Å². The number of ketones is 1. The van der Waals surface area contributed by atoms with Crippen LogP contribution in [0.5, 0.6) is 5.75 Å². The molecule has 1 aliphatic heterocycles. The van der Waals surface area contributed by atoms with Crippen LogP contribution < -0.4 is 16.0 Å². The Morgan fingerprint density at radius 2 is 1.78 bits per heavy atom. The molecule has 8 nitrogen and oxygen atoms in total. The summed E-state index contributed by atoms with van der Waals surface area (Å²) in [5, 5.41) is 29.4. The van der Waals surface area contributed by atoms with Crippen molar-refractivity contribution in [1.29, 1.82) is 0 Å². The molecule has 2 unspecified atom stereocenters. The number of rotatable bonds is 9. The molecule has 9 heteroatoms. The number of phenolic OH excluding ortho intramolecular Hbond substituents is 1. The third kappa shape index (κ3) is 7.09. The minimum Gasteiger partial charge on any atom is -0.508 e. The van der Waals surface area contributed by atoms with E-state index in [-0.39, 0.29) is 30.2 Å². The lowest BCUT2D eigenvalue weighted by Gasteiger charge is -2.30. The summed E-state index contributed by atoms with van der Waals surface area (Å²) in [5.74, 6) is -2.50. The molecule has 5 atom stereocenters. The van der Waals surface area contributed by atoms with Gasteiger partial charge < -0.3 is 26.2 Å². The van der Waals surface area contributed by atoms with Gasteiger partial charge in [-0.1, -0.05) is 43.3 Å². The third-order valence-corrected chi connectivity index (χ3v) is 6.85. The Morgan fingerprint density at radius 1 is 1.11 bits per heavy atom. The van der Waals surface area contributed by atoms with E-state index < -0.39 is 46.7 Å². The van der Waals surface area contributed by atoms with Gasteiger partial charge in [0, 0.05) is 23.2 Å². The van der Waals surface area contributed by atoms with E-state index in [0.717, 1.165) is 5.56 Å². The highest BCUT2D eigenvalue weighted by atomic mass is 35.5. The lowest BCUT2D eigenvalue weighted by molar-refractivity contribution is -0.136. The molecule has 1 saturated heterocycles. The predicted molar refractivity (Wildman–Crippen MR) is 143 cm³/mol. The molecule has 0 aromatic heterocycles. The Bertz CT molecular complexity index is 1120. The van der Waals surface area contributed by atoms with Crippen molar-refractivity contribution >= 4 is 29.2 Å². The van der Waals surface area contributed by atoms with Gasteiger partial charge in [-0.05, 0) is 51.3 Å². The first kappa shape index (κ1) is 28.6. The number of hydrogen-bond acceptors (Lipinski definition) is 6. The average molecular weight is 530 g/mol. The zero-order valence-corrected chi connectivity index (χ0v) is 22.4. The van der Waals surface area contributed by atoms with Gasteiger partial charge in [0.15, 0.2) is 5.78 Å². The number of carbonyl (C=O) groups excluding carboxylic acids is 3. The van der Waals surface area contributed by atoms with Crippen molar-refractivity contribution in [3.8, 4) is 5.75 Å². The van der Waals surface area contributed by atoms with Crippen LogP contribution in [-0.2, 0) is 22.4 Å². The molecule has 200 valence electrons. The summed E-state index contributed by atoms with van der Waals surface area (Å²) >= 11 is 6.46. The number of aliphatic hydroxyl groups excluding tert-OH is 1. The number of Topliss-reactive ketones (excluding diaryl/α,β-unsaturated/α-hetero) is 1. The lowest BCUT2D eigenvalue weighted by atomic mass is 9.86. The number of carbonyl (C=O) groups is 3. The van der Waals surface area contributed by atoms with Crippen molar-refractivity contribution < 1.29 is 24.6 Å². The third-order valence-electron chi connectivity index (χ3n) is 6.43. The van der Waals surface area contributed by atoms with Crippen LogP contribution in [0.25, 0.3) is 0 Å². The van der Waals surface area contributed by atoms with Crippen molar-refractivity contribution in [3.63, 3.8) is 0 Å². The molecule has 37 heavy (non-hydrogen) atoms. The molecule has 3 rings (SSSR count). The van der Waals surface area contributed by atoms with Gasteiger partial charge in [-0.25, -0.2) is 0 Å². The summed E-state index contributed by atoms with van der Waals surface area (Å²) in [4.78, 5) is 39.8. The maximum absolute atomic E-state index is 13.6. The number of aliphatic hydroxyl groups is 1. The van der Waals surface area contributed by atoms with Crippen molar-refractivity contribution in [2.24, 2.45) is 5.92 Å². The molecule has 0 saturated carbocycles. The summed E-state index contributed by atoms with van der Waals surface area (Å²) in [6.07, 6.45) is -1.03. The van der Waals surface area contributed by atoms with Gasteiger partial charge in [0.25, 0.3) is 5.91 Å². The van der Waals surface area contributed by atoms with E-state index in [0.29, 0.717) is 12.0 Å². The molecule has 1 fully saturated rings. The lowest BCUT2D eigenvalue weighted by Crippen LogP contribution is -2.56. The van der Waals surface area contributed by atoms with E-state index in [4.69, 9.17) is 11.6 Å². The van der Waals surface area contributed by atoms with Crippen LogP contribution in [0, 0.1) is 5.92 Å². The fourth-order valence-corrected chi connectivity index (χ4v) is 5.02. The molecule has 5 N–H and O–H groups in total. The molecule has 0 aliphatic carbocycles. The predicted octanol–water partition coefficient (Wildman–Crippen LogP) is 2.34. The second-order valence-corrected chi connectivity index (χ2v) is 11.0. The number of benzene rings is 2. The number of halogens is 1. The first-order chi connectivity index (χ1) is 17.4. The van der Waals surface area contributed by atoms with Crippen molar-refractivity contribution in [2.75, 3.05) is 6.54 Å². The van der Waals surface area contributed by atoms with Gasteiger partial charge in [-0.15, -0.1) is 11.6 Å². The summed E-state index contributed by atoms with van der Waals surface area (Å²) < 4.78 is 0. The normalized spacial score (nSPS) is 21.2. The maximum Gasteiger partial charge on any atom is 0.252 e. The maximum atomic E-state index is 13.6. The Balaban J connectivity index is 1.89. The zero-order chi connectivity index (χ0) is 27.3. The molecule has 1 aliphatic rings. The van der Waals surface area contributed by atoms with Crippen LogP contribution in [0.3, 0.4) is 0 Å². The topological polar surface area (TPSA) is 128 Å². The van der Waals surface area contributed by atoms with Crippen molar-refractivity contribution in [1.82, 2.24) is 16.0 Å². The molecular formula is C28H36ClN3O5. The van der Waals surface area contributed by atoms with Crippen molar-refractivity contribution in [2.45, 2.75) is 69.6 Å². The van der Waals surface area contributed by atoms with Crippen LogP contribution in [0.4, 0.5) is 0 Å². The van der Waals surface area contributed by atoms with E-state index >= 15 is 0 Å².